The molecule has 0 aliphatic rings. The van der Waals surface area contributed by atoms with E-state index in [-0.39, 0.29) is 18.0 Å². The van der Waals surface area contributed by atoms with Crippen LogP contribution in [-0.4, -0.2) is 30.8 Å². The van der Waals surface area contributed by atoms with Gasteiger partial charge in [0.05, 0.1) is 0 Å². The molecule has 6 nitrogen and oxygen atoms in total. The topological polar surface area (TPSA) is 88.3 Å². The molecule has 0 saturated heterocycles. The third-order valence-corrected chi connectivity index (χ3v) is 4.00. The molecule has 1 aromatic heterocycles. The van der Waals surface area contributed by atoms with Crippen LogP contribution in [0.2, 0.25) is 0 Å². The highest BCUT2D eigenvalue weighted by Crippen LogP contribution is 2.15. The van der Waals surface area contributed by atoms with Crippen molar-refractivity contribution in [2.45, 2.75) is 4.90 Å². The summed E-state index contributed by atoms with van der Waals surface area (Å²) in [7, 11) is -3.59. The number of rotatable bonds is 7. The minimum atomic E-state index is -3.59. The highest BCUT2D eigenvalue weighted by atomic mass is 32.2. The number of nitrogens with two attached hydrogens (primary N) is 1. The molecule has 0 aromatic carbocycles. The summed E-state index contributed by atoms with van der Waals surface area (Å²) >= 11 is 0. The molecule has 0 saturated carbocycles. The van der Waals surface area contributed by atoms with Gasteiger partial charge in [0.25, 0.3) is 0 Å². The van der Waals surface area contributed by atoms with Gasteiger partial charge < -0.3 is 5.43 Å². The molecular weight excluding hydrogens is 252 g/mol. The maximum atomic E-state index is 12.3. The minimum Gasteiger partial charge on any atom is -0.308 e. The Bertz CT molecular complexity index is 500. The smallest absolute Gasteiger partial charge is 0.245 e. The minimum absolute atomic E-state index is 0.102. The van der Waals surface area contributed by atoms with Crippen molar-refractivity contribution in [1.82, 2.24) is 9.29 Å². The average molecular weight is 268 g/mol. The van der Waals surface area contributed by atoms with Crippen LogP contribution in [0.25, 0.3) is 0 Å². The van der Waals surface area contributed by atoms with Gasteiger partial charge in [-0.3, -0.25) is 0 Å². The fraction of sp³-hybridized carbons (Fsp3) is 0.182. The molecule has 1 rings (SSSR count). The molecule has 1 aromatic rings. The largest absolute Gasteiger partial charge is 0.308 e. The summed E-state index contributed by atoms with van der Waals surface area (Å²) in [5, 5.41) is 0. The number of pyridine rings is 1. The van der Waals surface area contributed by atoms with E-state index >= 15 is 0 Å². The van der Waals surface area contributed by atoms with Crippen LogP contribution >= 0.6 is 0 Å². The van der Waals surface area contributed by atoms with Gasteiger partial charge in [0.2, 0.25) is 10.0 Å². The Hall–Kier alpha value is -1.70. The van der Waals surface area contributed by atoms with E-state index < -0.39 is 10.0 Å². The van der Waals surface area contributed by atoms with E-state index in [1.165, 1.54) is 34.8 Å². The van der Waals surface area contributed by atoms with Crippen molar-refractivity contribution in [1.29, 1.82) is 0 Å². The maximum absolute atomic E-state index is 12.3. The third-order valence-electron chi connectivity index (χ3n) is 2.19. The van der Waals surface area contributed by atoms with Gasteiger partial charge in [0, 0.05) is 19.3 Å². The average Bonchev–Trinajstić information content (AvgIpc) is 2.38. The second-order valence-corrected chi connectivity index (χ2v) is 5.36. The van der Waals surface area contributed by atoms with Gasteiger partial charge in [-0.15, -0.1) is 13.2 Å². The van der Waals surface area contributed by atoms with Crippen molar-refractivity contribution in [3.63, 3.8) is 0 Å². The molecule has 98 valence electrons. The Morgan fingerprint density at radius 3 is 2.33 bits per heavy atom. The van der Waals surface area contributed by atoms with E-state index in [2.05, 4.69) is 23.6 Å². The fourth-order valence-corrected chi connectivity index (χ4v) is 2.65. The zero-order valence-corrected chi connectivity index (χ0v) is 10.7. The van der Waals surface area contributed by atoms with Crippen LogP contribution in [-0.2, 0) is 10.0 Å². The first-order valence-corrected chi connectivity index (χ1v) is 6.65. The van der Waals surface area contributed by atoms with Crippen LogP contribution in [0.15, 0.2) is 48.5 Å². The fourth-order valence-electron chi connectivity index (χ4n) is 1.33. The number of anilines is 1. The number of hydrogen-bond acceptors (Lipinski definition) is 5. The number of aromatic nitrogens is 1. The van der Waals surface area contributed by atoms with Crippen LogP contribution in [0.4, 0.5) is 5.82 Å². The number of hydrazine groups is 1. The Morgan fingerprint density at radius 1 is 1.33 bits per heavy atom. The normalized spacial score (nSPS) is 11.2. The van der Waals surface area contributed by atoms with Crippen molar-refractivity contribution in [2.75, 3.05) is 18.5 Å². The molecule has 0 aliphatic heterocycles. The van der Waals surface area contributed by atoms with Gasteiger partial charge in [-0.1, -0.05) is 12.2 Å². The Labute approximate surface area is 107 Å². The molecule has 0 aliphatic carbocycles. The second-order valence-electron chi connectivity index (χ2n) is 3.42. The third kappa shape index (κ3) is 3.16. The van der Waals surface area contributed by atoms with E-state index in [1.54, 1.807) is 0 Å². The lowest BCUT2D eigenvalue weighted by Gasteiger charge is -2.18. The van der Waals surface area contributed by atoms with E-state index in [0.717, 1.165) is 0 Å². The zero-order valence-electron chi connectivity index (χ0n) is 9.91. The molecule has 0 unspecified atom stereocenters. The molecule has 0 bridgehead atoms. The van der Waals surface area contributed by atoms with Crippen LogP contribution in [0.1, 0.15) is 0 Å². The molecule has 0 fully saturated rings. The highest BCUT2D eigenvalue weighted by molar-refractivity contribution is 7.89. The summed E-state index contributed by atoms with van der Waals surface area (Å²) in [5.74, 6) is 5.56. The Balaban J connectivity index is 3.08. The van der Waals surface area contributed by atoms with E-state index in [0.29, 0.717) is 5.82 Å². The molecule has 0 spiro atoms. The van der Waals surface area contributed by atoms with Crippen LogP contribution in [0.3, 0.4) is 0 Å². The molecule has 7 heteroatoms. The molecule has 0 atom stereocenters. The Kier molecular flexibility index (Phi) is 5.02. The number of nitrogens with zero attached hydrogens (tertiary/aromatic N) is 2. The quantitative estimate of drug-likeness (QED) is 0.432. The number of nitrogen functional groups attached to an aromatic ring is 1. The molecule has 0 radical (unpaired) electrons. The first kappa shape index (κ1) is 14.4. The van der Waals surface area contributed by atoms with Gasteiger partial charge in [-0.05, 0) is 12.1 Å². The van der Waals surface area contributed by atoms with Gasteiger partial charge in [-0.25, -0.2) is 19.2 Å². The zero-order chi connectivity index (χ0) is 13.6. The lowest BCUT2D eigenvalue weighted by Crippen LogP contribution is -2.31. The van der Waals surface area contributed by atoms with Crippen molar-refractivity contribution in [3.05, 3.63) is 43.6 Å². The first-order chi connectivity index (χ1) is 8.56. The van der Waals surface area contributed by atoms with Crippen molar-refractivity contribution < 1.29 is 8.42 Å². The monoisotopic (exact) mass is 268 g/mol. The standard InChI is InChI=1S/C11H16N4O2S/c1-3-7-15(8-4-2)18(16,17)10-5-6-11(14-12)13-9-10/h3-6,9H,1-2,7-8,12H2,(H,13,14). The molecular formula is C11H16N4O2S. The molecule has 1 heterocycles. The molecule has 0 amide bonds. The maximum Gasteiger partial charge on any atom is 0.245 e. The van der Waals surface area contributed by atoms with Gasteiger partial charge >= 0.3 is 0 Å². The van der Waals surface area contributed by atoms with Crippen molar-refractivity contribution >= 4 is 15.8 Å². The van der Waals surface area contributed by atoms with Crippen LogP contribution in [0.5, 0.6) is 0 Å². The SMILES string of the molecule is C=CCN(CC=C)S(=O)(=O)c1ccc(NN)nc1. The lowest BCUT2D eigenvalue weighted by molar-refractivity contribution is 0.474. The summed E-state index contributed by atoms with van der Waals surface area (Å²) < 4.78 is 25.8. The lowest BCUT2D eigenvalue weighted by atomic mass is 10.5. The van der Waals surface area contributed by atoms with Crippen LogP contribution in [0, 0.1) is 0 Å². The van der Waals surface area contributed by atoms with Gasteiger partial charge in [0.1, 0.15) is 10.7 Å². The van der Waals surface area contributed by atoms with Crippen molar-refractivity contribution in [2.24, 2.45) is 5.84 Å². The highest BCUT2D eigenvalue weighted by Gasteiger charge is 2.22. The van der Waals surface area contributed by atoms with Gasteiger partial charge in [-0.2, -0.15) is 4.31 Å². The number of hydrogen-bond donors (Lipinski definition) is 2. The van der Waals surface area contributed by atoms with Crippen molar-refractivity contribution in [3.8, 4) is 0 Å². The predicted octanol–water partition coefficient (Wildman–Crippen LogP) is 0.730. The van der Waals surface area contributed by atoms with E-state index in [1.807, 2.05) is 0 Å². The summed E-state index contributed by atoms with van der Waals surface area (Å²) in [6, 6.07) is 2.93. The Morgan fingerprint density at radius 2 is 1.94 bits per heavy atom. The van der Waals surface area contributed by atoms with Gasteiger partial charge in [0.15, 0.2) is 0 Å². The summed E-state index contributed by atoms with van der Waals surface area (Å²) in [5.41, 5.74) is 2.33. The summed E-state index contributed by atoms with van der Waals surface area (Å²) in [4.78, 5) is 3.97. The van der Waals surface area contributed by atoms with E-state index in [4.69, 9.17) is 5.84 Å². The second kappa shape index (κ2) is 6.29. The molecule has 3 N–H and O–H groups in total. The molecule has 18 heavy (non-hydrogen) atoms. The predicted molar refractivity (Wildman–Crippen MR) is 71.2 cm³/mol. The number of nitrogens with one attached hydrogen (secondary N) is 1. The number of sulfonamides is 1. The first-order valence-electron chi connectivity index (χ1n) is 5.21. The van der Waals surface area contributed by atoms with Crippen LogP contribution < -0.4 is 11.3 Å². The van der Waals surface area contributed by atoms with E-state index in [9.17, 15) is 8.42 Å². The summed E-state index contributed by atoms with van der Waals surface area (Å²) in [6.45, 7) is 7.50. The summed E-state index contributed by atoms with van der Waals surface area (Å²) in [6.07, 6.45) is 4.29.